The number of halogens is 3. The molecule has 0 saturated heterocycles. The molecule has 0 bridgehead atoms. The smallest absolute Gasteiger partial charge is 0.457 e. The molecule has 0 N–H and O–H groups in total. The summed E-state index contributed by atoms with van der Waals surface area (Å²) in [6.07, 6.45) is -0.262. The molecule has 0 aliphatic carbocycles. The molecule has 0 aliphatic rings. The minimum absolute atomic E-state index is 0.0583. The summed E-state index contributed by atoms with van der Waals surface area (Å²) in [6.45, 7) is 12.6. The van der Waals surface area contributed by atoms with Crippen LogP contribution in [0.15, 0.2) is 72.8 Å². The van der Waals surface area contributed by atoms with Crippen LogP contribution < -0.4 is 0 Å². The van der Waals surface area contributed by atoms with Crippen LogP contribution in [0, 0.1) is 5.82 Å². The number of hydrogen-bond donors (Lipinski definition) is 0. The molecule has 0 aliphatic heterocycles. The van der Waals surface area contributed by atoms with Crippen molar-refractivity contribution in [1.29, 1.82) is 0 Å². The first-order chi connectivity index (χ1) is 21.2. The van der Waals surface area contributed by atoms with Gasteiger partial charge in [0.1, 0.15) is 5.82 Å². The summed E-state index contributed by atoms with van der Waals surface area (Å²) >= 11 is 0. The molecule has 0 amide bonds. The molecule has 250 valence electrons. The molecule has 0 saturated carbocycles. The van der Waals surface area contributed by atoms with Crippen LogP contribution in [0.5, 0.6) is 0 Å². The third-order valence-electron chi connectivity index (χ3n) is 6.19. The molecule has 3 rings (SSSR count). The lowest BCUT2D eigenvalue weighted by molar-refractivity contribution is -0.334. The van der Waals surface area contributed by atoms with Gasteiger partial charge in [-0.15, -0.1) is 9.35 Å². The van der Waals surface area contributed by atoms with E-state index in [-0.39, 0.29) is 29.4 Å². The summed E-state index contributed by atoms with van der Waals surface area (Å²) < 4.78 is 73.3. The van der Waals surface area contributed by atoms with E-state index in [1.807, 2.05) is 0 Å². The highest BCUT2D eigenvalue weighted by atomic mass is 31.2. The average Bonchev–Trinajstić information content (AvgIpc) is 2.97. The number of ketones is 1. The molecule has 1 atom stereocenters. The number of ether oxygens (including phenoxy) is 1. The van der Waals surface area contributed by atoms with Gasteiger partial charge in [0.05, 0.1) is 28.8 Å². The molecule has 12 heteroatoms. The number of carbonyl (C=O) groups excluding carboxylic acids is 2. The number of benzene rings is 3. The Bertz CT molecular complexity index is 1500. The van der Waals surface area contributed by atoms with Crippen molar-refractivity contribution in [3.8, 4) is 0 Å². The number of esters is 1. The lowest BCUT2D eigenvalue weighted by Gasteiger charge is -2.29. The second-order valence-electron chi connectivity index (χ2n) is 13.0. The van der Waals surface area contributed by atoms with Crippen molar-refractivity contribution in [3.05, 3.63) is 106 Å². The molecule has 3 aromatic carbocycles. The van der Waals surface area contributed by atoms with Gasteiger partial charge in [-0.1, -0.05) is 36.4 Å². The van der Waals surface area contributed by atoms with Gasteiger partial charge in [-0.25, -0.2) is 23.5 Å². The highest BCUT2D eigenvalue weighted by Crippen LogP contribution is 2.67. The summed E-state index contributed by atoms with van der Waals surface area (Å²) in [5, 5.41) is 0. The molecule has 0 spiro atoms. The van der Waals surface area contributed by atoms with E-state index in [1.165, 1.54) is 90.1 Å². The Kier molecular flexibility index (Phi) is 11.8. The highest BCUT2D eigenvalue weighted by Gasteiger charge is 2.58. The summed E-state index contributed by atoms with van der Waals surface area (Å²) in [7, 11) is -5.41. The van der Waals surface area contributed by atoms with Crippen molar-refractivity contribution in [2.24, 2.45) is 0 Å². The Labute approximate surface area is 267 Å². The van der Waals surface area contributed by atoms with Crippen LogP contribution in [0.3, 0.4) is 0 Å². The lowest BCUT2D eigenvalue weighted by Crippen LogP contribution is -2.26. The Morgan fingerprint density at radius 3 is 1.67 bits per heavy atom. The monoisotopic (exact) mass is 664 g/mol. The molecule has 0 fully saturated rings. The quantitative estimate of drug-likeness (QED) is 0.0586. The van der Waals surface area contributed by atoms with E-state index >= 15 is 8.78 Å². The van der Waals surface area contributed by atoms with Crippen molar-refractivity contribution >= 4 is 19.3 Å². The van der Waals surface area contributed by atoms with E-state index in [2.05, 4.69) is 0 Å². The summed E-state index contributed by atoms with van der Waals surface area (Å²) in [5.74, 6) is -2.21. The van der Waals surface area contributed by atoms with Crippen LogP contribution in [0.2, 0.25) is 0 Å². The maximum absolute atomic E-state index is 15.8. The van der Waals surface area contributed by atoms with Crippen LogP contribution in [0.1, 0.15) is 98.7 Å². The van der Waals surface area contributed by atoms with Crippen LogP contribution >= 0.6 is 7.60 Å². The van der Waals surface area contributed by atoms with Crippen molar-refractivity contribution in [2.45, 2.75) is 90.7 Å². The summed E-state index contributed by atoms with van der Waals surface area (Å²) in [6, 6.07) is 16.2. The van der Waals surface area contributed by atoms with Gasteiger partial charge in [-0.2, -0.15) is 8.78 Å². The molecular formula is C34H40F3O8P. The van der Waals surface area contributed by atoms with Crippen LogP contribution in [0.25, 0.3) is 0 Å². The van der Waals surface area contributed by atoms with Crippen LogP contribution in [-0.2, 0) is 40.5 Å². The van der Waals surface area contributed by atoms with Crippen molar-refractivity contribution in [1.82, 2.24) is 0 Å². The second kappa shape index (κ2) is 14.6. The van der Waals surface area contributed by atoms with E-state index in [0.717, 1.165) is 12.1 Å². The van der Waals surface area contributed by atoms with E-state index in [4.69, 9.17) is 23.9 Å². The zero-order chi connectivity index (χ0) is 34.5. The molecule has 1 unspecified atom stereocenters. The molecule has 0 radical (unpaired) electrons. The minimum atomic E-state index is -5.41. The Morgan fingerprint density at radius 2 is 1.22 bits per heavy atom. The number of rotatable bonds is 13. The van der Waals surface area contributed by atoms with Crippen LogP contribution in [0.4, 0.5) is 13.2 Å². The van der Waals surface area contributed by atoms with Gasteiger partial charge in [0, 0.05) is 11.1 Å². The zero-order valence-corrected chi connectivity index (χ0v) is 28.0. The summed E-state index contributed by atoms with van der Waals surface area (Å²) in [4.78, 5) is 35.9. The second-order valence-corrected chi connectivity index (χ2v) is 14.8. The first kappa shape index (κ1) is 37.1. The molecule has 46 heavy (non-hydrogen) atoms. The van der Waals surface area contributed by atoms with Gasteiger partial charge in [-0.3, -0.25) is 4.79 Å². The first-order valence-corrected chi connectivity index (χ1v) is 16.2. The molecule has 0 heterocycles. The number of carbonyl (C=O) groups is 2. The maximum Gasteiger partial charge on any atom is 0.457 e. The van der Waals surface area contributed by atoms with Gasteiger partial charge in [0.2, 0.25) is 0 Å². The molecular weight excluding hydrogens is 624 g/mol. The number of Topliss-reactive ketones (excluding diaryl/α,β-unsaturated/α-hetero) is 1. The van der Waals surface area contributed by atoms with Crippen molar-refractivity contribution < 1.29 is 51.2 Å². The fourth-order valence-electron chi connectivity index (χ4n) is 3.97. The van der Waals surface area contributed by atoms with Crippen LogP contribution in [-0.4, -0.2) is 29.1 Å². The minimum Gasteiger partial charge on any atom is -0.459 e. The number of alkyl halides is 2. The molecule has 3 aromatic rings. The standard InChI is InChI=1S/C34H40F3O8P/c1-22(2)41-31(39)26-13-11-24(12-14-26)29(30(38)25-15-19-28(35)20-16-25)21-23-9-17-27(18-10-23)34(36,37)46(40,44-42-32(3,4)5)45-43-33(6,7)8/h9-20,22,29H,21H2,1-8H3. The van der Waals surface area contributed by atoms with Gasteiger partial charge in [0.15, 0.2) is 5.78 Å². The van der Waals surface area contributed by atoms with Crippen molar-refractivity contribution in [3.63, 3.8) is 0 Å². The SMILES string of the molecule is CC(C)OC(=O)c1ccc(C(Cc2ccc(C(F)(F)P(=O)(OOC(C)(C)C)OOC(C)(C)C)cc2)C(=O)c2ccc(F)cc2)cc1. The molecule has 8 nitrogen and oxygen atoms in total. The zero-order valence-electron chi connectivity index (χ0n) is 27.1. The van der Waals surface area contributed by atoms with Crippen molar-refractivity contribution in [2.75, 3.05) is 0 Å². The summed E-state index contributed by atoms with van der Waals surface area (Å²) in [5.41, 5.74) is -5.55. The normalized spacial score (nSPS) is 13.5. The maximum atomic E-state index is 15.8. The van der Waals surface area contributed by atoms with E-state index in [0.29, 0.717) is 11.1 Å². The molecule has 0 aromatic heterocycles. The topological polar surface area (TPSA) is 97.4 Å². The fraction of sp³-hybridized carbons (Fsp3) is 0.412. The Morgan fingerprint density at radius 1 is 0.739 bits per heavy atom. The van der Waals surface area contributed by atoms with Gasteiger partial charge < -0.3 is 4.74 Å². The third-order valence-corrected chi connectivity index (χ3v) is 7.68. The lowest BCUT2D eigenvalue weighted by atomic mass is 9.85. The largest absolute Gasteiger partial charge is 0.459 e. The van der Waals surface area contributed by atoms with E-state index < -0.39 is 47.7 Å². The predicted octanol–water partition coefficient (Wildman–Crippen LogP) is 9.34. The fourth-order valence-corrected chi connectivity index (χ4v) is 5.29. The van der Waals surface area contributed by atoms with E-state index in [1.54, 1.807) is 26.0 Å². The number of hydrogen-bond acceptors (Lipinski definition) is 8. The average molecular weight is 665 g/mol. The Hall–Kier alpha value is -3.34. The first-order valence-electron chi connectivity index (χ1n) is 14.6. The van der Waals surface area contributed by atoms with Gasteiger partial charge >= 0.3 is 19.2 Å². The highest BCUT2D eigenvalue weighted by molar-refractivity contribution is 7.54. The predicted molar refractivity (Wildman–Crippen MR) is 166 cm³/mol. The Balaban J connectivity index is 1.95. The van der Waals surface area contributed by atoms with E-state index in [9.17, 15) is 18.5 Å². The van der Waals surface area contributed by atoms with Gasteiger partial charge in [0.25, 0.3) is 0 Å². The third kappa shape index (κ3) is 10.1. The van der Waals surface area contributed by atoms with Gasteiger partial charge in [-0.05, 0) is 109 Å².